The van der Waals surface area contributed by atoms with E-state index in [4.69, 9.17) is 10.5 Å². The van der Waals surface area contributed by atoms with Crippen molar-refractivity contribution in [3.05, 3.63) is 71.6 Å². The van der Waals surface area contributed by atoms with E-state index in [1.165, 1.54) is 18.9 Å². The first-order valence-corrected chi connectivity index (χ1v) is 12.7. The molecule has 0 unspecified atom stereocenters. The van der Waals surface area contributed by atoms with Crippen molar-refractivity contribution in [1.29, 1.82) is 0 Å². The zero-order valence-electron chi connectivity index (χ0n) is 22.6. The molecule has 3 atom stereocenters. The SMILES string of the molecule is CC[C@@H](N)CCN(C(=O)[C@H](C)O)[C@@H](c1nc(-c2cc(F)ccc2F)nn1Cc1ccccc1)C(C)(C)OC. The summed E-state index contributed by atoms with van der Waals surface area (Å²) in [5.74, 6) is -1.56. The van der Waals surface area contributed by atoms with Crippen molar-refractivity contribution in [1.82, 2.24) is 19.7 Å². The van der Waals surface area contributed by atoms with E-state index in [9.17, 15) is 18.7 Å². The van der Waals surface area contributed by atoms with E-state index in [1.807, 2.05) is 37.3 Å². The molecule has 1 aromatic heterocycles. The van der Waals surface area contributed by atoms with Gasteiger partial charge in [-0.25, -0.2) is 18.4 Å². The number of amides is 1. The number of aliphatic hydroxyl groups excluding tert-OH is 1. The summed E-state index contributed by atoms with van der Waals surface area (Å²) in [6, 6.07) is 11.5. The van der Waals surface area contributed by atoms with Crippen LogP contribution in [0.2, 0.25) is 0 Å². The van der Waals surface area contributed by atoms with Crippen molar-refractivity contribution in [3.63, 3.8) is 0 Å². The van der Waals surface area contributed by atoms with Gasteiger partial charge in [0, 0.05) is 19.7 Å². The van der Waals surface area contributed by atoms with Crippen molar-refractivity contribution < 1.29 is 23.4 Å². The van der Waals surface area contributed by atoms with E-state index in [2.05, 4.69) is 10.1 Å². The van der Waals surface area contributed by atoms with Crippen LogP contribution in [0.1, 0.15) is 58.0 Å². The predicted octanol–water partition coefficient (Wildman–Crippen LogP) is 4.07. The molecule has 0 fully saturated rings. The molecule has 3 aromatic rings. The highest BCUT2D eigenvalue weighted by Crippen LogP contribution is 2.36. The molecule has 38 heavy (non-hydrogen) atoms. The van der Waals surface area contributed by atoms with Gasteiger partial charge in [0.05, 0.1) is 17.7 Å². The molecule has 3 N–H and O–H groups in total. The first-order valence-electron chi connectivity index (χ1n) is 12.7. The van der Waals surface area contributed by atoms with E-state index in [1.54, 1.807) is 18.5 Å². The van der Waals surface area contributed by atoms with E-state index >= 15 is 0 Å². The van der Waals surface area contributed by atoms with Gasteiger partial charge in [-0.3, -0.25) is 4.79 Å². The summed E-state index contributed by atoms with van der Waals surface area (Å²) in [7, 11) is 1.51. The third kappa shape index (κ3) is 6.80. The number of ether oxygens (including phenoxy) is 1. The van der Waals surface area contributed by atoms with Crippen LogP contribution in [-0.4, -0.2) is 62.1 Å². The molecule has 0 bridgehead atoms. The van der Waals surface area contributed by atoms with Crippen LogP contribution < -0.4 is 5.73 Å². The molecular formula is C28H37F2N5O3. The average Bonchev–Trinajstić information content (AvgIpc) is 3.29. The van der Waals surface area contributed by atoms with Crippen LogP contribution in [0.15, 0.2) is 48.5 Å². The molecule has 0 aliphatic carbocycles. The molecule has 3 rings (SSSR count). The molecule has 0 radical (unpaired) electrons. The third-order valence-electron chi connectivity index (χ3n) is 6.69. The number of nitrogens with two attached hydrogens (primary N) is 1. The van der Waals surface area contributed by atoms with Crippen molar-refractivity contribution in [3.8, 4) is 11.4 Å². The van der Waals surface area contributed by atoms with E-state index in [0.717, 1.165) is 23.8 Å². The maximum absolute atomic E-state index is 14.8. The highest BCUT2D eigenvalue weighted by molar-refractivity contribution is 5.80. The van der Waals surface area contributed by atoms with Crippen molar-refractivity contribution in [2.75, 3.05) is 13.7 Å². The fraction of sp³-hybridized carbons (Fsp3) is 0.464. The topological polar surface area (TPSA) is 107 Å². The number of rotatable bonds is 12. The lowest BCUT2D eigenvalue weighted by Crippen LogP contribution is -2.51. The van der Waals surface area contributed by atoms with Gasteiger partial charge in [0.1, 0.15) is 23.8 Å². The van der Waals surface area contributed by atoms with Gasteiger partial charge in [0.15, 0.2) is 11.6 Å². The Balaban J connectivity index is 2.24. The normalized spacial score (nSPS) is 14.2. The van der Waals surface area contributed by atoms with Crippen molar-refractivity contribution in [2.45, 2.75) is 70.9 Å². The van der Waals surface area contributed by atoms with Crippen LogP contribution in [0.5, 0.6) is 0 Å². The van der Waals surface area contributed by atoms with Crippen LogP contribution in [0.4, 0.5) is 8.78 Å². The number of hydrogen-bond acceptors (Lipinski definition) is 6. The average molecular weight is 530 g/mol. The summed E-state index contributed by atoms with van der Waals surface area (Å²) in [4.78, 5) is 19.5. The van der Waals surface area contributed by atoms with Crippen molar-refractivity contribution >= 4 is 5.91 Å². The number of aliphatic hydroxyl groups is 1. The smallest absolute Gasteiger partial charge is 0.251 e. The molecule has 2 aromatic carbocycles. The summed E-state index contributed by atoms with van der Waals surface area (Å²) < 4.78 is 36.3. The number of aromatic nitrogens is 3. The molecule has 0 aliphatic rings. The van der Waals surface area contributed by atoms with E-state index in [-0.39, 0.29) is 30.5 Å². The Morgan fingerprint density at radius 3 is 2.50 bits per heavy atom. The molecule has 8 nitrogen and oxygen atoms in total. The van der Waals surface area contributed by atoms with Crippen LogP contribution in [0, 0.1) is 11.6 Å². The molecule has 1 heterocycles. The maximum Gasteiger partial charge on any atom is 0.251 e. The van der Waals surface area contributed by atoms with Crippen LogP contribution in [-0.2, 0) is 16.1 Å². The summed E-state index contributed by atoms with van der Waals surface area (Å²) in [5.41, 5.74) is 5.95. The highest BCUT2D eigenvalue weighted by Gasteiger charge is 2.42. The number of nitrogens with zero attached hydrogens (tertiary/aromatic N) is 4. The second-order valence-corrected chi connectivity index (χ2v) is 9.94. The first kappa shape index (κ1) is 29.3. The van der Waals surface area contributed by atoms with Gasteiger partial charge in [-0.15, -0.1) is 0 Å². The van der Waals surface area contributed by atoms with Gasteiger partial charge in [0.25, 0.3) is 5.91 Å². The van der Waals surface area contributed by atoms with E-state index < -0.39 is 35.3 Å². The molecule has 0 spiro atoms. The minimum absolute atomic E-state index is 0.0282. The molecular weight excluding hydrogens is 492 g/mol. The standard InChI is InChI=1S/C28H37F2N5O3/c1-6-21(31)14-15-34(27(37)18(2)36)24(28(3,4)38-5)26-32-25(22-16-20(29)12-13-23(22)30)33-35(26)17-19-10-8-7-9-11-19/h7-13,16,18,21,24,36H,6,14-15,17,31H2,1-5H3/t18-,21+,24-/m0/s1. The fourth-order valence-corrected chi connectivity index (χ4v) is 4.26. The lowest BCUT2D eigenvalue weighted by Gasteiger charge is -2.41. The minimum Gasteiger partial charge on any atom is -0.384 e. The van der Waals surface area contributed by atoms with Crippen LogP contribution in [0.25, 0.3) is 11.4 Å². The van der Waals surface area contributed by atoms with E-state index in [0.29, 0.717) is 18.7 Å². The summed E-state index contributed by atoms with van der Waals surface area (Å²) in [6.07, 6.45) is -0.111. The maximum atomic E-state index is 14.8. The Bertz CT molecular complexity index is 1220. The highest BCUT2D eigenvalue weighted by atomic mass is 19.1. The molecule has 0 saturated heterocycles. The van der Waals surface area contributed by atoms with Crippen LogP contribution in [0.3, 0.4) is 0 Å². The largest absolute Gasteiger partial charge is 0.384 e. The molecule has 10 heteroatoms. The van der Waals surface area contributed by atoms with Gasteiger partial charge in [0.2, 0.25) is 0 Å². The van der Waals surface area contributed by atoms with Gasteiger partial charge in [-0.2, -0.15) is 5.10 Å². The Hall–Kier alpha value is -3.21. The zero-order chi connectivity index (χ0) is 28.0. The van der Waals surface area contributed by atoms with Gasteiger partial charge in [-0.1, -0.05) is 37.3 Å². The zero-order valence-corrected chi connectivity index (χ0v) is 22.6. The molecule has 0 aliphatic heterocycles. The number of carbonyl (C=O) groups is 1. The quantitative estimate of drug-likeness (QED) is 0.366. The Kier molecular flexibility index (Phi) is 9.70. The second kappa shape index (κ2) is 12.6. The number of hydrogen-bond donors (Lipinski definition) is 2. The van der Waals surface area contributed by atoms with Gasteiger partial charge in [-0.05, 0) is 57.4 Å². The summed E-state index contributed by atoms with van der Waals surface area (Å²) in [5, 5.41) is 14.9. The second-order valence-electron chi connectivity index (χ2n) is 9.94. The van der Waals surface area contributed by atoms with Crippen LogP contribution >= 0.6 is 0 Å². The fourth-order valence-electron chi connectivity index (χ4n) is 4.26. The minimum atomic E-state index is -1.30. The number of methoxy groups -OCH3 is 1. The van der Waals surface area contributed by atoms with Gasteiger partial charge < -0.3 is 20.5 Å². The molecule has 0 saturated carbocycles. The Morgan fingerprint density at radius 1 is 1.21 bits per heavy atom. The Morgan fingerprint density at radius 2 is 1.89 bits per heavy atom. The van der Waals surface area contributed by atoms with Gasteiger partial charge >= 0.3 is 0 Å². The molecule has 206 valence electrons. The molecule has 1 amide bonds. The number of halogens is 2. The first-order chi connectivity index (χ1) is 18.0. The predicted molar refractivity (Wildman–Crippen MR) is 141 cm³/mol. The monoisotopic (exact) mass is 529 g/mol. The Labute approximate surface area is 222 Å². The number of benzene rings is 2. The van der Waals surface area contributed by atoms with Crippen molar-refractivity contribution in [2.24, 2.45) is 5.73 Å². The lowest BCUT2D eigenvalue weighted by atomic mass is 9.94. The summed E-state index contributed by atoms with van der Waals surface area (Å²) in [6.45, 7) is 7.42. The summed E-state index contributed by atoms with van der Waals surface area (Å²) >= 11 is 0. The third-order valence-corrected chi connectivity index (χ3v) is 6.69. The number of carbonyl (C=O) groups excluding carboxylic acids is 1. The lowest BCUT2D eigenvalue weighted by molar-refractivity contribution is -0.150.